The van der Waals surface area contributed by atoms with Gasteiger partial charge in [0.05, 0.1) is 20.6 Å². The first-order valence-corrected chi connectivity index (χ1v) is 11.2. The highest BCUT2D eigenvalue weighted by Crippen LogP contribution is 2.17. The molecular formula is C26H36N2O6. The normalized spacial score (nSPS) is 12.1. The second-order valence-electron chi connectivity index (χ2n) is 8.90. The number of nitrogens with one attached hydrogen (secondary N) is 1. The molecule has 2 aromatic rings. The van der Waals surface area contributed by atoms with Crippen LogP contribution < -0.4 is 14.8 Å². The Labute approximate surface area is 201 Å². The third kappa shape index (κ3) is 9.41. The molecule has 2 rings (SSSR count). The van der Waals surface area contributed by atoms with E-state index in [2.05, 4.69) is 23.9 Å². The van der Waals surface area contributed by atoms with Crippen LogP contribution in [0.1, 0.15) is 25.0 Å². The average molecular weight is 473 g/mol. The molecule has 0 aromatic heterocycles. The molecule has 0 heterocycles. The fraction of sp³-hybridized carbons (Fsp3) is 0.462. The van der Waals surface area contributed by atoms with Crippen LogP contribution in [0.4, 0.5) is 0 Å². The van der Waals surface area contributed by atoms with E-state index in [0.29, 0.717) is 12.3 Å². The van der Waals surface area contributed by atoms with Gasteiger partial charge >= 0.3 is 5.97 Å². The predicted molar refractivity (Wildman–Crippen MR) is 130 cm³/mol. The van der Waals surface area contributed by atoms with Crippen LogP contribution in [0.5, 0.6) is 11.5 Å². The van der Waals surface area contributed by atoms with Gasteiger partial charge in [0.25, 0.3) is 0 Å². The van der Waals surface area contributed by atoms with Crippen LogP contribution in [0.3, 0.4) is 0 Å². The van der Waals surface area contributed by atoms with Crippen molar-refractivity contribution >= 4 is 11.9 Å². The van der Waals surface area contributed by atoms with E-state index >= 15 is 0 Å². The maximum Gasteiger partial charge on any atom is 0.325 e. The standard InChI is InChI=1S/C26H36N2O6/c1-26(2,15-20-8-10-22(32-4)11-9-20)27-16-21(29)18-34-23-12-6-19(7-13-23)14-24(30)28(3)17-25(31)33-5/h6-13,21,27,29H,14-18H2,1-5H3/t21-/m0/s1. The molecule has 0 spiro atoms. The van der Waals surface area contributed by atoms with Crippen molar-refractivity contribution in [1.29, 1.82) is 0 Å². The summed E-state index contributed by atoms with van der Waals surface area (Å²) >= 11 is 0. The number of ether oxygens (including phenoxy) is 3. The number of aliphatic hydroxyl groups is 1. The summed E-state index contributed by atoms with van der Waals surface area (Å²) in [7, 11) is 4.49. The number of likely N-dealkylation sites (N-methyl/N-ethyl adjacent to an activating group) is 1. The summed E-state index contributed by atoms with van der Waals surface area (Å²) in [6.45, 7) is 4.63. The number of β-amino-alcohol motifs (C(OH)–C–C–N with tert-alkyl or cyclic N) is 1. The third-order valence-electron chi connectivity index (χ3n) is 5.36. The molecule has 34 heavy (non-hydrogen) atoms. The van der Waals surface area contributed by atoms with Crippen molar-refractivity contribution in [1.82, 2.24) is 10.2 Å². The number of carbonyl (C=O) groups excluding carboxylic acids is 2. The maximum atomic E-state index is 12.2. The zero-order valence-electron chi connectivity index (χ0n) is 20.7. The van der Waals surface area contributed by atoms with Gasteiger partial charge in [-0.1, -0.05) is 24.3 Å². The number of rotatable bonds is 13. The monoisotopic (exact) mass is 472 g/mol. The van der Waals surface area contributed by atoms with E-state index in [1.807, 2.05) is 24.3 Å². The van der Waals surface area contributed by atoms with Gasteiger partial charge in [0.2, 0.25) is 5.91 Å². The molecule has 0 aliphatic rings. The maximum absolute atomic E-state index is 12.2. The second-order valence-corrected chi connectivity index (χ2v) is 8.90. The SMILES string of the molecule is COC(=O)CN(C)C(=O)Cc1ccc(OC[C@@H](O)CNC(C)(C)Cc2ccc(OC)cc2)cc1. The van der Waals surface area contributed by atoms with E-state index in [-0.39, 0.29) is 31.0 Å². The van der Waals surface area contributed by atoms with Crippen molar-refractivity contribution in [2.75, 3.05) is 41.0 Å². The van der Waals surface area contributed by atoms with Crippen LogP contribution in [0.2, 0.25) is 0 Å². The van der Waals surface area contributed by atoms with Gasteiger partial charge in [0.1, 0.15) is 30.8 Å². The lowest BCUT2D eigenvalue weighted by Crippen LogP contribution is -2.46. The molecule has 2 aromatic carbocycles. The van der Waals surface area contributed by atoms with E-state index < -0.39 is 12.1 Å². The summed E-state index contributed by atoms with van der Waals surface area (Å²) in [6.07, 6.45) is 0.298. The number of esters is 1. The summed E-state index contributed by atoms with van der Waals surface area (Å²) in [5.41, 5.74) is 1.78. The van der Waals surface area contributed by atoms with Gasteiger partial charge in [0, 0.05) is 19.1 Å². The molecule has 0 aliphatic heterocycles. The fourth-order valence-corrected chi connectivity index (χ4v) is 3.32. The Morgan fingerprint density at radius 2 is 1.59 bits per heavy atom. The van der Waals surface area contributed by atoms with Gasteiger partial charge in [-0.05, 0) is 55.7 Å². The van der Waals surface area contributed by atoms with Crippen LogP contribution in [0, 0.1) is 0 Å². The van der Waals surface area contributed by atoms with Gasteiger partial charge in [0.15, 0.2) is 0 Å². The van der Waals surface area contributed by atoms with Gasteiger partial charge in [-0.3, -0.25) is 9.59 Å². The molecule has 0 bridgehead atoms. The minimum Gasteiger partial charge on any atom is -0.497 e. The number of aliphatic hydroxyl groups excluding tert-OH is 1. The highest BCUT2D eigenvalue weighted by atomic mass is 16.5. The first-order valence-electron chi connectivity index (χ1n) is 11.2. The second kappa shape index (κ2) is 13.0. The molecule has 1 amide bonds. The van der Waals surface area contributed by atoms with Crippen molar-refractivity contribution in [3.05, 3.63) is 59.7 Å². The molecule has 0 saturated carbocycles. The number of hydrogen-bond donors (Lipinski definition) is 2. The van der Waals surface area contributed by atoms with Crippen molar-refractivity contribution in [3.63, 3.8) is 0 Å². The topological polar surface area (TPSA) is 97.3 Å². The largest absolute Gasteiger partial charge is 0.497 e. The smallest absolute Gasteiger partial charge is 0.325 e. The van der Waals surface area contributed by atoms with Gasteiger partial charge in [-0.15, -0.1) is 0 Å². The van der Waals surface area contributed by atoms with Crippen LogP contribution in [-0.4, -0.2) is 74.5 Å². The Morgan fingerprint density at radius 3 is 2.18 bits per heavy atom. The lowest BCUT2D eigenvalue weighted by molar-refractivity contribution is -0.145. The number of carbonyl (C=O) groups is 2. The van der Waals surface area contributed by atoms with Crippen molar-refractivity contribution < 1.29 is 28.9 Å². The molecule has 0 fully saturated rings. The summed E-state index contributed by atoms with van der Waals surface area (Å²) in [5, 5.41) is 13.7. The van der Waals surface area contributed by atoms with Crippen LogP contribution in [0.25, 0.3) is 0 Å². The molecule has 8 nitrogen and oxygen atoms in total. The molecule has 186 valence electrons. The van der Waals surface area contributed by atoms with Gasteiger partial charge < -0.3 is 29.5 Å². The van der Waals surface area contributed by atoms with Crippen molar-refractivity contribution in [2.24, 2.45) is 0 Å². The number of methoxy groups -OCH3 is 2. The zero-order valence-corrected chi connectivity index (χ0v) is 20.7. The molecule has 2 N–H and O–H groups in total. The summed E-state index contributed by atoms with van der Waals surface area (Å²) in [4.78, 5) is 24.8. The van der Waals surface area contributed by atoms with Crippen LogP contribution in [-0.2, 0) is 27.2 Å². The van der Waals surface area contributed by atoms with Crippen LogP contribution >= 0.6 is 0 Å². The number of hydrogen-bond acceptors (Lipinski definition) is 7. The molecule has 0 unspecified atom stereocenters. The lowest BCUT2D eigenvalue weighted by atomic mass is 9.94. The Hall–Kier alpha value is -3.10. The first-order chi connectivity index (χ1) is 16.1. The molecule has 8 heteroatoms. The predicted octanol–water partition coefficient (Wildman–Crippen LogP) is 2.22. The fourth-order valence-electron chi connectivity index (χ4n) is 3.32. The van der Waals surface area contributed by atoms with Crippen molar-refractivity contribution in [3.8, 4) is 11.5 Å². The summed E-state index contributed by atoms with van der Waals surface area (Å²) in [5.74, 6) is 0.790. The quantitative estimate of drug-likeness (QED) is 0.432. The molecule has 1 atom stereocenters. The van der Waals surface area contributed by atoms with E-state index in [1.54, 1.807) is 38.4 Å². The summed E-state index contributed by atoms with van der Waals surface area (Å²) in [6, 6.07) is 15.1. The third-order valence-corrected chi connectivity index (χ3v) is 5.36. The van der Waals surface area contributed by atoms with E-state index in [4.69, 9.17) is 9.47 Å². The molecule has 0 radical (unpaired) electrons. The van der Waals surface area contributed by atoms with E-state index in [0.717, 1.165) is 17.7 Å². The average Bonchev–Trinajstić information content (AvgIpc) is 2.82. The molecule has 0 saturated heterocycles. The molecule has 0 aliphatic carbocycles. The van der Waals surface area contributed by atoms with E-state index in [9.17, 15) is 14.7 Å². The first kappa shape index (κ1) is 27.1. The Kier molecular flexibility index (Phi) is 10.3. The Bertz CT molecular complexity index is 912. The minimum absolute atomic E-state index is 0.0840. The van der Waals surface area contributed by atoms with Crippen LogP contribution in [0.15, 0.2) is 48.5 Å². The van der Waals surface area contributed by atoms with Crippen molar-refractivity contribution in [2.45, 2.75) is 38.3 Å². The lowest BCUT2D eigenvalue weighted by Gasteiger charge is -2.28. The number of amides is 1. The minimum atomic E-state index is -0.677. The Morgan fingerprint density at radius 1 is 1.00 bits per heavy atom. The van der Waals surface area contributed by atoms with Gasteiger partial charge in [-0.25, -0.2) is 0 Å². The Balaban J connectivity index is 1.75. The summed E-state index contributed by atoms with van der Waals surface area (Å²) < 4.78 is 15.5. The van der Waals surface area contributed by atoms with Gasteiger partial charge in [-0.2, -0.15) is 0 Å². The van der Waals surface area contributed by atoms with E-state index in [1.165, 1.54) is 17.6 Å². The highest BCUT2D eigenvalue weighted by Gasteiger charge is 2.20. The zero-order chi connectivity index (χ0) is 25.1. The number of benzene rings is 2. The number of nitrogens with zero attached hydrogens (tertiary/aromatic N) is 1. The highest BCUT2D eigenvalue weighted by molar-refractivity contribution is 5.83. The molecular weight excluding hydrogens is 436 g/mol.